The fourth-order valence-corrected chi connectivity index (χ4v) is 1.98. The smallest absolute Gasteiger partial charge is 0.0225 e. The summed E-state index contributed by atoms with van der Waals surface area (Å²) in [5, 5.41) is 0. The molecule has 0 heteroatoms. The van der Waals surface area contributed by atoms with Crippen LogP contribution >= 0.6 is 0 Å². The molecule has 0 spiro atoms. The molecule has 0 aliphatic heterocycles. The molecule has 0 aromatic carbocycles. The molecule has 0 saturated carbocycles. The summed E-state index contributed by atoms with van der Waals surface area (Å²) in [5.74, 6) is 0.675. The standard InChI is InChI=1S/C16H28/c1-6-9-14(3)11-8-12-16(5)13-15(4)10-7-2/h7,9-10,12,15H,6,8,11,13H2,1-5H3. The van der Waals surface area contributed by atoms with E-state index >= 15 is 0 Å². The summed E-state index contributed by atoms with van der Waals surface area (Å²) in [6.45, 7) is 11.0. The Morgan fingerprint density at radius 1 is 1.12 bits per heavy atom. The third kappa shape index (κ3) is 8.52. The summed E-state index contributed by atoms with van der Waals surface area (Å²) in [6.07, 6.45) is 13.9. The van der Waals surface area contributed by atoms with Crippen LogP contribution in [-0.2, 0) is 0 Å². The van der Waals surface area contributed by atoms with Gasteiger partial charge in [-0.25, -0.2) is 0 Å². The molecule has 16 heavy (non-hydrogen) atoms. The third-order valence-corrected chi connectivity index (χ3v) is 2.75. The van der Waals surface area contributed by atoms with Gasteiger partial charge >= 0.3 is 0 Å². The quantitative estimate of drug-likeness (QED) is 0.485. The maximum Gasteiger partial charge on any atom is -0.0225 e. The predicted molar refractivity (Wildman–Crippen MR) is 75.6 cm³/mol. The summed E-state index contributed by atoms with van der Waals surface area (Å²) in [5.41, 5.74) is 3.04. The van der Waals surface area contributed by atoms with Crippen molar-refractivity contribution in [3.05, 3.63) is 35.5 Å². The predicted octanol–water partition coefficient (Wildman–Crippen LogP) is 5.67. The number of allylic oxidation sites excluding steroid dienone is 6. The van der Waals surface area contributed by atoms with E-state index in [1.165, 1.54) is 30.4 Å². The SMILES string of the molecule is CC=CC(C)CC(C)=CCCC(C)=CCC. The van der Waals surface area contributed by atoms with Crippen molar-refractivity contribution in [3.63, 3.8) is 0 Å². The molecule has 0 N–H and O–H groups in total. The van der Waals surface area contributed by atoms with Gasteiger partial charge in [0.25, 0.3) is 0 Å². The monoisotopic (exact) mass is 220 g/mol. The van der Waals surface area contributed by atoms with Crippen molar-refractivity contribution in [1.82, 2.24) is 0 Å². The van der Waals surface area contributed by atoms with Crippen LogP contribution in [0.5, 0.6) is 0 Å². The normalized spacial score (nSPS) is 15.8. The van der Waals surface area contributed by atoms with Crippen molar-refractivity contribution in [1.29, 1.82) is 0 Å². The van der Waals surface area contributed by atoms with Crippen LogP contribution in [0.25, 0.3) is 0 Å². The summed E-state index contributed by atoms with van der Waals surface area (Å²) >= 11 is 0. The molecule has 0 radical (unpaired) electrons. The minimum Gasteiger partial charge on any atom is -0.0914 e. The van der Waals surface area contributed by atoms with E-state index in [4.69, 9.17) is 0 Å². The lowest BCUT2D eigenvalue weighted by Crippen LogP contribution is -1.90. The van der Waals surface area contributed by atoms with Gasteiger partial charge in [0.05, 0.1) is 0 Å². The van der Waals surface area contributed by atoms with Gasteiger partial charge in [0, 0.05) is 0 Å². The fraction of sp³-hybridized carbons (Fsp3) is 0.625. The Labute approximate surface area is 102 Å². The van der Waals surface area contributed by atoms with Crippen molar-refractivity contribution in [2.24, 2.45) is 5.92 Å². The number of hydrogen-bond donors (Lipinski definition) is 0. The zero-order chi connectivity index (χ0) is 12.4. The summed E-state index contributed by atoms with van der Waals surface area (Å²) < 4.78 is 0. The van der Waals surface area contributed by atoms with E-state index in [-0.39, 0.29) is 0 Å². The van der Waals surface area contributed by atoms with Gasteiger partial charge in [0.15, 0.2) is 0 Å². The first kappa shape index (κ1) is 15.2. The van der Waals surface area contributed by atoms with Crippen molar-refractivity contribution in [2.45, 2.75) is 60.3 Å². The lowest BCUT2D eigenvalue weighted by molar-refractivity contribution is 0.711. The van der Waals surface area contributed by atoms with Crippen LogP contribution in [0.2, 0.25) is 0 Å². The van der Waals surface area contributed by atoms with Gasteiger partial charge < -0.3 is 0 Å². The molecule has 0 heterocycles. The Bertz CT molecular complexity index is 253. The largest absolute Gasteiger partial charge is 0.0914 e. The van der Waals surface area contributed by atoms with E-state index in [2.05, 4.69) is 58.9 Å². The fourth-order valence-electron chi connectivity index (χ4n) is 1.98. The number of rotatable bonds is 7. The average molecular weight is 220 g/mol. The van der Waals surface area contributed by atoms with Gasteiger partial charge in [-0.1, -0.05) is 49.3 Å². The van der Waals surface area contributed by atoms with Crippen LogP contribution < -0.4 is 0 Å². The molecule has 1 atom stereocenters. The van der Waals surface area contributed by atoms with E-state index < -0.39 is 0 Å². The van der Waals surface area contributed by atoms with Crippen LogP contribution in [0.3, 0.4) is 0 Å². The highest BCUT2D eigenvalue weighted by atomic mass is 14.0. The summed E-state index contributed by atoms with van der Waals surface area (Å²) in [4.78, 5) is 0. The Kier molecular flexibility index (Phi) is 8.99. The first-order valence-electron chi connectivity index (χ1n) is 6.54. The van der Waals surface area contributed by atoms with Gasteiger partial charge in [0.2, 0.25) is 0 Å². The molecular weight excluding hydrogens is 192 g/mol. The molecule has 0 fully saturated rings. The molecule has 0 amide bonds. The minimum absolute atomic E-state index is 0.675. The Balaban J connectivity index is 3.91. The number of hydrogen-bond acceptors (Lipinski definition) is 0. The molecule has 0 aliphatic rings. The molecule has 0 nitrogen and oxygen atoms in total. The molecule has 0 saturated heterocycles. The van der Waals surface area contributed by atoms with Crippen molar-refractivity contribution in [2.75, 3.05) is 0 Å². The summed E-state index contributed by atoms with van der Waals surface area (Å²) in [7, 11) is 0. The van der Waals surface area contributed by atoms with E-state index in [1.54, 1.807) is 0 Å². The Morgan fingerprint density at radius 3 is 2.38 bits per heavy atom. The lowest BCUT2D eigenvalue weighted by Gasteiger charge is -2.06. The highest BCUT2D eigenvalue weighted by Gasteiger charge is 1.97. The Morgan fingerprint density at radius 2 is 1.81 bits per heavy atom. The lowest BCUT2D eigenvalue weighted by atomic mass is 10.00. The van der Waals surface area contributed by atoms with E-state index in [0.717, 1.165) is 6.42 Å². The molecule has 92 valence electrons. The molecular formula is C16H28. The first-order chi connectivity index (χ1) is 7.60. The van der Waals surface area contributed by atoms with E-state index in [1.807, 2.05) is 0 Å². The van der Waals surface area contributed by atoms with Crippen molar-refractivity contribution in [3.8, 4) is 0 Å². The topological polar surface area (TPSA) is 0 Å². The van der Waals surface area contributed by atoms with Gasteiger partial charge in [-0.2, -0.15) is 0 Å². The second-order valence-electron chi connectivity index (χ2n) is 4.76. The zero-order valence-electron chi connectivity index (χ0n) is 11.7. The highest BCUT2D eigenvalue weighted by molar-refractivity contribution is 5.05. The van der Waals surface area contributed by atoms with Crippen LogP contribution in [0, 0.1) is 5.92 Å². The zero-order valence-corrected chi connectivity index (χ0v) is 11.7. The van der Waals surface area contributed by atoms with Gasteiger partial charge in [-0.05, 0) is 52.4 Å². The van der Waals surface area contributed by atoms with Crippen LogP contribution in [0.4, 0.5) is 0 Å². The maximum atomic E-state index is 2.40. The molecule has 0 aromatic rings. The third-order valence-electron chi connectivity index (χ3n) is 2.75. The maximum absolute atomic E-state index is 2.40. The first-order valence-corrected chi connectivity index (χ1v) is 6.54. The van der Waals surface area contributed by atoms with Crippen molar-refractivity contribution >= 4 is 0 Å². The van der Waals surface area contributed by atoms with Gasteiger partial charge in [0.1, 0.15) is 0 Å². The summed E-state index contributed by atoms with van der Waals surface area (Å²) in [6, 6.07) is 0. The Hall–Kier alpha value is -0.780. The average Bonchev–Trinajstić information content (AvgIpc) is 2.18. The van der Waals surface area contributed by atoms with Gasteiger partial charge in [-0.15, -0.1) is 0 Å². The minimum atomic E-state index is 0.675. The van der Waals surface area contributed by atoms with Gasteiger partial charge in [-0.3, -0.25) is 0 Å². The van der Waals surface area contributed by atoms with E-state index in [0.29, 0.717) is 5.92 Å². The van der Waals surface area contributed by atoms with Crippen molar-refractivity contribution < 1.29 is 0 Å². The molecule has 0 bridgehead atoms. The van der Waals surface area contributed by atoms with Crippen LogP contribution in [0.1, 0.15) is 60.3 Å². The second-order valence-corrected chi connectivity index (χ2v) is 4.76. The second kappa shape index (κ2) is 9.45. The molecule has 0 aromatic heterocycles. The molecule has 1 unspecified atom stereocenters. The molecule has 0 rings (SSSR count). The highest BCUT2D eigenvalue weighted by Crippen LogP contribution is 2.14. The van der Waals surface area contributed by atoms with E-state index in [9.17, 15) is 0 Å². The van der Waals surface area contributed by atoms with Crippen LogP contribution in [-0.4, -0.2) is 0 Å². The molecule has 0 aliphatic carbocycles. The van der Waals surface area contributed by atoms with Crippen LogP contribution in [0.15, 0.2) is 35.5 Å².